The van der Waals surface area contributed by atoms with Crippen molar-refractivity contribution in [1.82, 2.24) is 10.2 Å². The summed E-state index contributed by atoms with van der Waals surface area (Å²) in [6.07, 6.45) is 8.52. The highest BCUT2D eigenvalue weighted by atomic mass is 15.1. The smallest absolute Gasteiger partial charge is 0.0105 e. The van der Waals surface area contributed by atoms with Crippen LogP contribution in [0, 0.1) is 11.8 Å². The molecule has 1 N–H and O–H groups in total. The summed E-state index contributed by atoms with van der Waals surface area (Å²) < 4.78 is 0. The second-order valence-electron chi connectivity index (χ2n) is 5.91. The molecule has 0 spiro atoms. The van der Waals surface area contributed by atoms with E-state index in [2.05, 4.69) is 38.0 Å². The fourth-order valence-electron chi connectivity index (χ4n) is 3.55. The molecule has 0 bridgehead atoms. The fourth-order valence-corrected chi connectivity index (χ4v) is 3.55. The molecule has 0 amide bonds. The summed E-state index contributed by atoms with van der Waals surface area (Å²) in [5.74, 6) is 1.91. The molecule has 3 unspecified atom stereocenters. The Morgan fingerprint density at radius 2 is 1.89 bits per heavy atom. The maximum atomic E-state index is 3.59. The van der Waals surface area contributed by atoms with Gasteiger partial charge in [0.05, 0.1) is 0 Å². The van der Waals surface area contributed by atoms with E-state index in [-0.39, 0.29) is 0 Å². The fraction of sp³-hybridized carbons (Fsp3) is 1.00. The molecule has 2 heteroatoms. The van der Waals surface area contributed by atoms with E-state index in [1.54, 1.807) is 0 Å². The van der Waals surface area contributed by atoms with Crippen LogP contribution >= 0.6 is 0 Å². The predicted molar refractivity (Wildman–Crippen MR) is 81.0 cm³/mol. The molecule has 0 aliphatic heterocycles. The van der Waals surface area contributed by atoms with Crippen molar-refractivity contribution in [3.05, 3.63) is 0 Å². The number of hydrogen-bond acceptors (Lipinski definition) is 2. The second kappa shape index (κ2) is 8.92. The highest BCUT2D eigenvalue weighted by Crippen LogP contribution is 2.33. The quantitative estimate of drug-likeness (QED) is 0.713. The molecule has 0 saturated heterocycles. The molecule has 1 aliphatic rings. The van der Waals surface area contributed by atoms with Gasteiger partial charge in [-0.3, -0.25) is 0 Å². The lowest BCUT2D eigenvalue weighted by atomic mass is 9.76. The molecule has 0 aromatic rings. The van der Waals surface area contributed by atoms with Crippen LogP contribution in [0.25, 0.3) is 0 Å². The third-order valence-electron chi connectivity index (χ3n) is 4.99. The Morgan fingerprint density at radius 3 is 2.44 bits per heavy atom. The van der Waals surface area contributed by atoms with E-state index in [0.29, 0.717) is 0 Å². The first kappa shape index (κ1) is 16.0. The van der Waals surface area contributed by atoms with Crippen LogP contribution in [0.3, 0.4) is 0 Å². The summed E-state index contributed by atoms with van der Waals surface area (Å²) in [6, 6.07) is 0.736. The third kappa shape index (κ3) is 4.89. The van der Waals surface area contributed by atoms with Crippen LogP contribution in [-0.4, -0.2) is 37.6 Å². The Hall–Kier alpha value is -0.0800. The standard InChI is InChI=1S/C16H34N2/c1-5-14-9-8-10-15(13-14)16(17-4)11-12-18(6-2)7-3/h14-17H,5-13H2,1-4H3. The van der Waals surface area contributed by atoms with Crippen LogP contribution in [0.5, 0.6) is 0 Å². The Kier molecular flexibility index (Phi) is 7.92. The lowest BCUT2D eigenvalue weighted by molar-refractivity contribution is 0.190. The highest BCUT2D eigenvalue weighted by Gasteiger charge is 2.26. The Labute approximate surface area is 115 Å². The molecule has 0 aromatic carbocycles. The largest absolute Gasteiger partial charge is 0.317 e. The molecular formula is C16H34N2. The average molecular weight is 254 g/mol. The van der Waals surface area contributed by atoms with Gasteiger partial charge in [-0.05, 0) is 57.8 Å². The Morgan fingerprint density at radius 1 is 1.17 bits per heavy atom. The first-order chi connectivity index (χ1) is 8.74. The number of rotatable bonds is 8. The van der Waals surface area contributed by atoms with Gasteiger partial charge in [0.2, 0.25) is 0 Å². The van der Waals surface area contributed by atoms with Gasteiger partial charge in [-0.1, -0.05) is 40.0 Å². The normalized spacial score (nSPS) is 26.5. The predicted octanol–water partition coefficient (Wildman–Crippen LogP) is 3.52. The van der Waals surface area contributed by atoms with Gasteiger partial charge in [0.15, 0.2) is 0 Å². The van der Waals surface area contributed by atoms with Crippen LogP contribution in [0.2, 0.25) is 0 Å². The zero-order valence-corrected chi connectivity index (χ0v) is 13.0. The van der Waals surface area contributed by atoms with E-state index >= 15 is 0 Å². The topological polar surface area (TPSA) is 15.3 Å². The minimum atomic E-state index is 0.736. The van der Waals surface area contributed by atoms with E-state index in [9.17, 15) is 0 Å². The molecule has 2 nitrogen and oxygen atoms in total. The lowest BCUT2D eigenvalue weighted by Gasteiger charge is -2.35. The van der Waals surface area contributed by atoms with Crippen molar-refractivity contribution >= 4 is 0 Å². The number of nitrogens with one attached hydrogen (secondary N) is 1. The Balaban J connectivity index is 2.39. The van der Waals surface area contributed by atoms with Crippen molar-refractivity contribution in [2.45, 2.75) is 65.3 Å². The van der Waals surface area contributed by atoms with Gasteiger partial charge in [-0.15, -0.1) is 0 Å². The third-order valence-corrected chi connectivity index (χ3v) is 4.99. The van der Waals surface area contributed by atoms with E-state index < -0.39 is 0 Å². The maximum absolute atomic E-state index is 3.59. The average Bonchev–Trinajstić information content (AvgIpc) is 2.44. The monoisotopic (exact) mass is 254 g/mol. The van der Waals surface area contributed by atoms with Gasteiger partial charge in [-0.2, -0.15) is 0 Å². The van der Waals surface area contributed by atoms with Gasteiger partial charge in [0.25, 0.3) is 0 Å². The van der Waals surface area contributed by atoms with Gasteiger partial charge in [0, 0.05) is 6.04 Å². The summed E-state index contributed by atoms with van der Waals surface area (Å²) >= 11 is 0. The number of nitrogens with zero attached hydrogens (tertiary/aromatic N) is 1. The van der Waals surface area contributed by atoms with Gasteiger partial charge in [0.1, 0.15) is 0 Å². The summed E-state index contributed by atoms with van der Waals surface area (Å²) in [5, 5.41) is 3.59. The molecule has 1 rings (SSSR count). The minimum Gasteiger partial charge on any atom is -0.317 e. The first-order valence-electron chi connectivity index (χ1n) is 8.14. The summed E-state index contributed by atoms with van der Waals surface area (Å²) in [4.78, 5) is 2.55. The van der Waals surface area contributed by atoms with Crippen molar-refractivity contribution in [3.63, 3.8) is 0 Å². The molecule has 0 aromatic heterocycles. The highest BCUT2D eigenvalue weighted by molar-refractivity contribution is 4.82. The van der Waals surface area contributed by atoms with Gasteiger partial charge < -0.3 is 10.2 Å². The molecule has 1 saturated carbocycles. The molecule has 108 valence electrons. The Bertz CT molecular complexity index is 201. The molecule has 1 aliphatic carbocycles. The van der Waals surface area contributed by atoms with E-state index in [0.717, 1.165) is 17.9 Å². The van der Waals surface area contributed by atoms with Crippen LogP contribution in [-0.2, 0) is 0 Å². The summed E-state index contributed by atoms with van der Waals surface area (Å²) in [7, 11) is 2.16. The summed E-state index contributed by atoms with van der Waals surface area (Å²) in [5.41, 5.74) is 0. The van der Waals surface area contributed by atoms with Crippen molar-refractivity contribution in [2.75, 3.05) is 26.7 Å². The minimum absolute atomic E-state index is 0.736. The molecule has 3 atom stereocenters. The molecule has 18 heavy (non-hydrogen) atoms. The van der Waals surface area contributed by atoms with Crippen LogP contribution < -0.4 is 5.32 Å². The molecule has 0 heterocycles. The van der Waals surface area contributed by atoms with Crippen LogP contribution in [0.1, 0.15) is 59.3 Å². The number of hydrogen-bond donors (Lipinski definition) is 1. The van der Waals surface area contributed by atoms with Gasteiger partial charge in [-0.25, -0.2) is 0 Å². The zero-order valence-electron chi connectivity index (χ0n) is 13.0. The van der Waals surface area contributed by atoms with Crippen LogP contribution in [0.4, 0.5) is 0 Å². The first-order valence-corrected chi connectivity index (χ1v) is 8.14. The SMILES string of the molecule is CCC1CCCC(C(CCN(CC)CC)NC)C1. The van der Waals surface area contributed by atoms with Crippen molar-refractivity contribution in [2.24, 2.45) is 11.8 Å². The molecule has 1 fully saturated rings. The molecular weight excluding hydrogens is 220 g/mol. The van der Waals surface area contributed by atoms with Crippen molar-refractivity contribution < 1.29 is 0 Å². The lowest BCUT2D eigenvalue weighted by Crippen LogP contribution is -2.39. The summed E-state index contributed by atoms with van der Waals surface area (Å²) in [6.45, 7) is 10.5. The van der Waals surface area contributed by atoms with E-state index in [1.165, 1.54) is 58.2 Å². The second-order valence-corrected chi connectivity index (χ2v) is 5.91. The van der Waals surface area contributed by atoms with Crippen LogP contribution in [0.15, 0.2) is 0 Å². The van der Waals surface area contributed by atoms with Gasteiger partial charge >= 0.3 is 0 Å². The van der Waals surface area contributed by atoms with Crippen molar-refractivity contribution in [3.8, 4) is 0 Å². The molecule has 0 radical (unpaired) electrons. The van der Waals surface area contributed by atoms with E-state index in [1.807, 2.05) is 0 Å². The van der Waals surface area contributed by atoms with E-state index in [4.69, 9.17) is 0 Å². The maximum Gasteiger partial charge on any atom is 0.0105 e. The zero-order chi connectivity index (χ0) is 13.4. The van der Waals surface area contributed by atoms with Crippen molar-refractivity contribution in [1.29, 1.82) is 0 Å².